The molecule has 0 heteroatoms. The van der Waals surface area contributed by atoms with Gasteiger partial charge in [-0.2, -0.15) is 0 Å². The molecule has 0 radical (unpaired) electrons. The molecule has 0 aliphatic heterocycles. The van der Waals surface area contributed by atoms with E-state index in [-0.39, 0.29) is 0 Å². The van der Waals surface area contributed by atoms with E-state index in [1.807, 2.05) is 0 Å². The molecule has 0 unspecified atom stereocenters. The molecule has 2 rings (SSSR count). The number of rotatable bonds is 1. The fourth-order valence-electron chi connectivity index (χ4n) is 1.79. The Bertz CT molecular complexity index is 492. The lowest BCUT2D eigenvalue weighted by Gasteiger charge is -2.05. The number of fused-ring (bicyclic) bond motifs is 1. The molecule has 0 heterocycles. The molecule has 0 bridgehead atoms. The van der Waals surface area contributed by atoms with Gasteiger partial charge in [0.05, 0.1) is 0 Å². The molecule has 0 N–H and O–H groups in total. The maximum atomic E-state index is 3.00. The molecule has 0 aliphatic rings. The topological polar surface area (TPSA) is 0 Å². The van der Waals surface area contributed by atoms with Crippen LogP contribution in [-0.2, 0) is 0 Å². The Hall–Kier alpha value is -1.82. The van der Waals surface area contributed by atoms with Crippen molar-refractivity contribution in [1.29, 1.82) is 0 Å². The van der Waals surface area contributed by atoms with Gasteiger partial charge in [0.15, 0.2) is 0 Å². The van der Waals surface area contributed by atoms with Crippen molar-refractivity contribution in [3.63, 3.8) is 0 Å². The van der Waals surface area contributed by atoms with Gasteiger partial charge in [-0.25, -0.2) is 0 Å². The Labute approximate surface area is 97.9 Å². The molecule has 0 saturated carbocycles. The van der Waals surface area contributed by atoms with Crippen LogP contribution in [0.3, 0.4) is 0 Å². The summed E-state index contributed by atoms with van der Waals surface area (Å²) >= 11 is 0. The zero-order chi connectivity index (χ0) is 12.0. The van der Waals surface area contributed by atoms with Crippen LogP contribution in [0.2, 0.25) is 0 Å². The van der Waals surface area contributed by atoms with Gasteiger partial charge in [-0.1, -0.05) is 48.6 Å². The zero-order valence-corrected chi connectivity index (χ0v) is 10.0. The van der Waals surface area contributed by atoms with Crippen LogP contribution < -0.4 is 0 Å². The van der Waals surface area contributed by atoms with Crippen LogP contribution in [0.25, 0.3) is 16.8 Å². The van der Waals surface area contributed by atoms with E-state index < -0.39 is 0 Å². The average Bonchev–Trinajstić information content (AvgIpc) is 2.35. The second-order valence-corrected chi connectivity index (χ2v) is 3.52. The Kier molecular flexibility index (Phi) is 4.53. The summed E-state index contributed by atoms with van der Waals surface area (Å²) in [6.45, 7) is 10.2. The number of allylic oxidation sites excluding steroid dienone is 1. The third-order valence-electron chi connectivity index (χ3n) is 2.52. The Morgan fingerprint density at radius 2 is 1.69 bits per heavy atom. The van der Waals surface area contributed by atoms with Crippen LogP contribution in [0.1, 0.15) is 18.1 Å². The molecular formula is C16H18. The monoisotopic (exact) mass is 210 g/mol. The first-order valence-corrected chi connectivity index (χ1v) is 5.44. The fraction of sp³-hybridized carbons (Fsp3) is 0.125. The molecule has 0 aromatic heterocycles. The molecule has 2 aromatic carbocycles. The molecule has 16 heavy (non-hydrogen) atoms. The van der Waals surface area contributed by atoms with Gasteiger partial charge >= 0.3 is 0 Å². The summed E-state index contributed by atoms with van der Waals surface area (Å²) < 4.78 is 0. The first-order chi connectivity index (χ1) is 7.83. The van der Waals surface area contributed by atoms with E-state index in [1.165, 1.54) is 21.9 Å². The Morgan fingerprint density at radius 3 is 2.38 bits per heavy atom. The van der Waals surface area contributed by atoms with E-state index in [2.05, 4.69) is 75.6 Å². The van der Waals surface area contributed by atoms with Crippen LogP contribution in [0, 0.1) is 6.92 Å². The van der Waals surface area contributed by atoms with Crippen LogP contribution in [0.15, 0.2) is 55.6 Å². The average molecular weight is 210 g/mol. The van der Waals surface area contributed by atoms with Gasteiger partial charge in [0, 0.05) is 0 Å². The second kappa shape index (κ2) is 5.92. The smallest absolute Gasteiger partial charge is 0.0109 e. The molecule has 0 spiro atoms. The number of hydrogen-bond acceptors (Lipinski definition) is 0. The summed E-state index contributed by atoms with van der Waals surface area (Å²) in [6, 6.07) is 12.9. The van der Waals surface area contributed by atoms with Crippen molar-refractivity contribution in [2.45, 2.75) is 13.8 Å². The fourth-order valence-corrected chi connectivity index (χ4v) is 1.79. The van der Waals surface area contributed by atoms with Crippen molar-refractivity contribution in [3.05, 3.63) is 66.8 Å². The summed E-state index contributed by atoms with van der Waals surface area (Å²) in [4.78, 5) is 0. The van der Waals surface area contributed by atoms with Gasteiger partial charge in [-0.15, -0.1) is 13.2 Å². The lowest BCUT2D eigenvalue weighted by Crippen LogP contribution is -1.83. The van der Waals surface area contributed by atoms with Crippen LogP contribution >= 0.6 is 0 Å². The van der Waals surface area contributed by atoms with Gasteiger partial charge in [0.25, 0.3) is 0 Å². The maximum Gasteiger partial charge on any atom is -0.0109 e. The molecule has 2 aromatic rings. The lowest BCUT2D eigenvalue weighted by molar-refractivity contribution is 1.47. The number of benzene rings is 2. The summed E-state index contributed by atoms with van der Waals surface area (Å²) in [7, 11) is 0. The van der Waals surface area contributed by atoms with Gasteiger partial charge in [0.2, 0.25) is 0 Å². The standard InChI is InChI=1S/C14H14.C2H4/c1-3-6-13-11(2)9-10-12-7-4-5-8-14(12)13;1-2/h3-10H,1-2H3;1-2H2/b6-3-;. The normalized spacial score (nSPS) is 10.1. The highest BCUT2D eigenvalue weighted by Gasteiger charge is 1.99. The minimum absolute atomic E-state index is 1.31. The van der Waals surface area contributed by atoms with Crippen LogP contribution in [0.5, 0.6) is 0 Å². The molecule has 0 fully saturated rings. The molecular weight excluding hydrogens is 192 g/mol. The first-order valence-electron chi connectivity index (χ1n) is 5.44. The zero-order valence-electron chi connectivity index (χ0n) is 10.0. The van der Waals surface area contributed by atoms with Gasteiger partial charge < -0.3 is 0 Å². The number of hydrogen-bond donors (Lipinski definition) is 0. The number of aryl methyl sites for hydroxylation is 1. The van der Waals surface area contributed by atoms with E-state index in [4.69, 9.17) is 0 Å². The van der Waals surface area contributed by atoms with Crippen LogP contribution in [-0.4, -0.2) is 0 Å². The van der Waals surface area contributed by atoms with Gasteiger partial charge in [-0.3, -0.25) is 0 Å². The highest BCUT2D eigenvalue weighted by Crippen LogP contribution is 2.23. The van der Waals surface area contributed by atoms with Crippen molar-refractivity contribution >= 4 is 16.8 Å². The quantitative estimate of drug-likeness (QED) is 0.582. The summed E-state index contributed by atoms with van der Waals surface area (Å²) in [5.74, 6) is 0. The van der Waals surface area contributed by atoms with Crippen LogP contribution in [0.4, 0.5) is 0 Å². The summed E-state index contributed by atoms with van der Waals surface area (Å²) in [5.41, 5.74) is 2.67. The van der Waals surface area contributed by atoms with Crippen molar-refractivity contribution in [1.82, 2.24) is 0 Å². The first kappa shape index (κ1) is 12.3. The second-order valence-electron chi connectivity index (χ2n) is 3.52. The predicted octanol–water partition coefficient (Wildman–Crippen LogP) is 4.98. The SMILES string of the molecule is C/C=C\c1c(C)ccc2ccccc12.C=C. The van der Waals surface area contributed by atoms with Crippen molar-refractivity contribution in [2.24, 2.45) is 0 Å². The van der Waals surface area contributed by atoms with E-state index in [1.54, 1.807) is 0 Å². The summed E-state index contributed by atoms with van der Waals surface area (Å²) in [5, 5.41) is 2.65. The minimum atomic E-state index is 1.31. The highest BCUT2D eigenvalue weighted by molar-refractivity contribution is 5.91. The van der Waals surface area contributed by atoms with Gasteiger partial charge in [-0.05, 0) is 35.7 Å². The third kappa shape index (κ3) is 2.40. The molecule has 0 amide bonds. The van der Waals surface area contributed by atoms with Crippen molar-refractivity contribution < 1.29 is 0 Å². The molecule has 0 nitrogen and oxygen atoms in total. The largest absolute Gasteiger partial charge is 0.106 e. The molecule has 0 atom stereocenters. The minimum Gasteiger partial charge on any atom is -0.106 e. The third-order valence-corrected chi connectivity index (χ3v) is 2.52. The maximum absolute atomic E-state index is 3.00. The van der Waals surface area contributed by atoms with Gasteiger partial charge in [0.1, 0.15) is 0 Å². The molecule has 0 saturated heterocycles. The lowest BCUT2D eigenvalue weighted by atomic mass is 9.99. The van der Waals surface area contributed by atoms with E-state index in [9.17, 15) is 0 Å². The molecule has 82 valence electrons. The Morgan fingerprint density at radius 1 is 1.00 bits per heavy atom. The molecule has 0 aliphatic carbocycles. The summed E-state index contributed by atoms with van der Waals surface area (Å²) in [6.07, 6.45) is 4.27. The Balaban J connectivity index is 0.000000606. The van der Waals surface area contributed by atoms with Crippen molar-refractivity contribution in [3.8, 4) is 0 Å². The predicted molar refractivity (Wildman–Crippen MR) is 74.6 cm³/mol. The van der Waals surface area contributed by atoms with E-state index in [0.717, 1.165) is 0 Å². The van der Waals surface area contributed by atoms with Crippen molar-refractivity contribution in [2.75, 3.05) is 0 Å². The van der Waals surface area contributed by atoms with E-state index >= 15 is 0 Å². The highest BCUT2D eigenvalue weighted by atomic mass is 14.0. The van der Waals surface area contributed by atoms with E-state index in [0.29, 0.717) is 0 Å².